The quantitative estimate of drug-likeness (QED) is 0.836. The minimum Gasteiger partial charge on any atom is -0.381 e. The van der Waals surface area contributed by atoms with Crippen LogP contribution in [0.3, 0.4) is 0 Å². The molecule has 0 spiro atoms. The van der Waals surface area contributed by atoms with Crippen molar-refractivity contribution in [3.05, 3.63) is 22.4 Å². The summed E-state index contributed by atoms with van der Waals surface area (Å²) in [6.07, 6.45) is 3.65. The SMILES string of the molecule is CCCC(NC(C)C1CCOC1)c1cccs1. The van der Waals surface area contributed by atoms with Crippen LogP contribution in [0.1, 0.15) is 44.0 Å². The molecule has 3 atom stereocenters. The first-order valence-electron chi connectivity index (χ1n) is 6.68. The van der Waals surface area contributed by atoms with Crippen molar-refractivity contribution < 1.29 is 4.74 Å². The predicted molar refractivity (Wildman–Crippen MR) is 73.5 cm³/mol. The van der Waals surface area contributed by atoms with Gasteiger partial charge in [-0.15, -0.1) is 11.3 Å². The summed E-state index contributed by atoms with van der Waals surface area (Å²) in [4.78, 5) is 1.47. The molecule has 1 saturated heterocycles. The molecule has 2 nitrogen and oxygen atoms in total. The largest absolute Gasteiger partial charge is 0.381 e. The van der Waals surface area contributed by atoms with E-state index in [0.29, 0.717) is 18.0 Å². The molecule has 3 heteroatoms. The van der Waals surface area contributed by atoms with Crippen LogP contribution in [0, 0.1) is 5.92 Å². The van der Waals surface area contributed by atoms with Crippen molar-refractivity contribution in [2.24, 2.45) is 5.92 Å². The van der Waals surface area contributed by atoms with Crippen LogP contribution in [0.5, 0.6) is 0 Å². The van der Waals surface area contributed by atoms with Gasteiger partial charge in [-0.1, -0.05) is 19.4 Å². The summed E-state index contributed by atoms with van der Waals surface area (Å²) in [6, 6.07) is 5.47. The van der Waals surface area contributed by atoms with Crippen molar-refractivity contribution in [3.63, 3.8) is 0 Å². The van der Waals surface area contributed by atoms with Crippen molar-refractivity contribution >= 4 is 11.3 Å². The van der Waals surface area contributed by atoms with Crippen molar-refractivity contribution in [3.8, 4) is 0 Å². The van der Waals surface area contributed by atoms with E-state index in [9.17, 15) is 0 Å². The van der Waals surface area contributed by atoms with Gasteiger partial charge in [-0.05, 0) is 37.1 Å². The van der Waals surface area contributed by atoms with Gasteiger partial charge in [0.2, 0.25) is 0 Å². The Morgan fingerprint density at radius 1 is 1.59 bits per heavy atom. The van der Waals surface area contributed by atoms with E-state index in [1.54, 1.807) is 0 Å². The summed E-state index contributed by atoms with van der Waals surface area (Å²) >= 11 is 1.86. The maximum Gasteiger partial charge on any atom is 0.0509 e. The molecule has 1 aromatic heterocycles. The molecule has 96 valence electrons. The molecule has 0 aromatic carbocycles. The van der Waals surface area contributed by atoms with Crippen molar-refractivity contribution in [1.29, 1.82) is 0 Å². The van der Waals surface area contributed by atoms with Gasteiger partial charge in [0.05, 0.1) is 6.61 Å². The zero-order valence-electron chi connectivity index (χ0n) is 10.8. The Labute approximate surface area is 108 Å². The first-order chi connectivity index (χ1) is 8.31. The highest BCUT2D eigenvalue weighted by Crippen LogP contribution is 2.26. The third-order valence-corrected chi connectivity index (χ3v) is 4.59. The highest BCUT2D eigenvalue weighted by molar-refractivity contribution is 7.10. The molecule has 0 saturated carbocycles. The minimum atomic E-state index is 0.524. The molecule has 3 unspecified atom stereocenters. The maximum absolute atomic E-state index is 5.47. The standard InChI is InChI=1S/C14H23NOS/c1-3-5-13(14-6-4-9-17-14)15-11(2)12-7-8-16-10-12/h4,6,9,11-13,15H,3,5,7-8,10H2,1-2H3. The third kappa shape index (κ3) is 3.54. The number of hydrogen-bond acceptors (Lipinski definition) is 3. The number of nitrogens with one attached hydrogen (secondary N) is 1. The van der Waals surface area contributed by atoms with Gasteiger partial charge in [0, 0.05) is 23.6 Å². The summed E-state index contributed by atoms with van der Waals surface area (Å²) in [6.45, 7) is 6.42. The fourth-order valence-electron chi connectivity index (χ4n) is 2.49. The lowest BCUT2D eigenvalue weighted by atomic mass is 9.98. The van der Waals surface area contributed by atoms with E-state index in [0.717, 1.165) is 13.2 Å². The molecule has 0 bridgehead atoms. The molecule has 2 rings (SSSR count). The Kier molecular flexibility index (Phi) is 5.01. The molecule has 1 aliphatic heterocycles. The second-order valence-corrected chi connectivity index (χ2v) is 5.91. The Hall–Kier alpha value is -0.380. The average Bonchev–Trinajstić information content (AvgIpc) is 3.01. The number of rotatable bonds is 6. The first-order valence-corrected chi connectivity index (χ1v) is 7.56. The Morgan fingerprint density at radius 2 is 2.47 bits per heavy atom. The predicted octanol–water partition coefficient (Wildman–Crippen LogP) is 3.60. The second kappa shape index (κ2) is 6.53. The maximum atomic E-state index is 5.47. The Morgan fingerprint density at radius 3 is 3.06 bits per heavy atom. The fourth-order valence-corrected chi connectivity index (χ4v) is 3.31. The zero-order valence-corrected chi connectivity index (χ0v) is 11.6. The lowest BCUT2D eigenvalue weighted by Gasteiger charge is -2.25. The van der Waals surface area contributed by atoms with E-state index in [2.05, 4.69) is 36.7 Å². The molecule has 1 aromatic rings. The van der Waals surface area contributed by atoms with Crippen LogP contribution < -0.4 is 5.32 Å². The van der Waals surface area contributed by atoms with Gasteiger partial charge in [-0.3, -0.25) is 0 Å². The third-order valence-electron chi connectivity index (χ3n) is 3.60. The summed E-state index contributed by atoms with van der Waals surface area (Å²) in [5.74, 6) is 0.689. The molecule has 1 aliphatic rings. The van der Waals surface area contributed by atoms with E-state index in [-0.39, 0.29) is 0 Å². The van der Waals surface area contributed by atoms with E-state index in [1.807, 2.05) is 11.3 Å². The van der Waals surface area contributed by atoms with Gasteiger partial charge >= 0.3 is 0 Å². The second-order valence-electron chi connectivity index (χ2n) is 4.94. The highest BCUT2D eigenvalue weighted by Gasteiger charge is 2.24. The van der Waals surface area contributed by atoms with Crippen LogP contribution in [-0.4, -0.2) is 19.3 Å². The molecular formula is C14H23NOS. The topological polar surface area (TPSA) is 21.3 Å². The molecule has 0 radical (unpaired) electrons. The summed E-state index contributed by atoms with van der Waals surface area (Å²) in [5, 5.41) is 5.96. The van der Waals surface area contributed by atoms with Crippen molar-refractivity contribution in [2.45, 2.75) is 45.2 Å². The molecule has 17 heavy (non-hydrogen) atoms. The van der Waals surface area contributed by atoms with E-state index >= 15 is 0 Å². The normalized spacial score (nSPS) is 23.8. The van der Waals surface area contributed by atoms with Crippen LogP contribution in [0.25, 0.3) is 0 Å². The monoisotopic (exact) mass is 253 g/mol. The van der Waals surface area contributed by atoms with Crippen molar-refractivity contribution in [1.82, 2.24) is 5.32 Å². The zero-order chi connectivity index (χ0) is 12.1. The van der Waals surface area contributed by atoms with Gasteiger partial charge in [-0.2, -0.15) is 0 Å². The van der Waals surface area contributed by atoms with Crippen molar-refractivity contribution in [2.75, 3.05) is 13.2 Å². The highest BCUT2D eigenvalue weighted by atomic mass is 32.1. The molecule has 1 fully saturated rings. The average molecular weight is 253 g/mol. The minimum absolute atomic E-state index is 0.524. The lowest BCUT2D eigenvalue weighted by molar-refractivity contribution is 0.176. The van der Waals surface area contributed by atoms with Gasteiger partial charge < -0.3 is 10.1 Å². The Bertz CT molecular complexity index is 306. The van der Waals surface area contributed by atoms with Gasteiger partial charge in [-0.25, -0.2) is 0 Å². The van der Waals surface area contributed by atoms with E-state index < -0.39 is 0 Å². The van der Waals surface area contributed by atoms with E-state index in [4.69, 9.17) is 4.74 Å². The van der Waals surface area contributed by atoms with Crippen LogP contribution in [-0.2, 0) is 4.74 Å². The van der Waals surface area contributed by atoms with Crippen LogP contribution >= 0.6 is 11.3 Å². The summed E-state index contributed by atoms with van der Waals surface area (Å²) in [7, 11) is 0. The molecule has 2 heterocycles. The molecular weight excluding hydrogens is 230 g/mol. The van der Waals surface area contributed by atoms with Gasteiger partial charge in [0.15, 0.2) is 0 Å². The number of thiophene rings is 1. The van der Waals surface area contributed by atoms with E-state index in [1.165, 1.54) is 24.1 Å². The summed E-state index contributed by atoms with van der Waals surface area (Å²) in [5.41, 5.74) is 0. The Balaban J connectivity index is 1.92. The number of ether oxygens (including phenoxy) is 1. The first kappa shape index (κ1) is 13.1. The summed E-state index contributed by atoms with van der Waals surface area (Å²) < 4.78 is 5.47. The fraction of sp³-hybridized carbons (Fsp3) is 0.714. The van der Waals surface area contributed by atoms with Crippen LogP contribution in [0.2, 0.25) is 0 Å². The van der Waals surface area contributed by atoms with Gasteiger partial charge in [0.25, 0.3) is 0 Å². The lowest BCUT2D eigenvalue weighted by Crippen LogP contribution is -2.36. The molecule has 0 aliphatic carbocycles. The van der Waals surface area contributed by atoms with Gasteiger partial charge in [0.1, 0.15) is 0 Å². The van der Waals surface area contributed by atoms with Crippen LogP contribution in [0.4, 0.5) is 0 Å². The molecule has 1 N–H and O–H groups in total. The van der Waals surface area contributed by atoms with Crippen LogP contribution in [0.15, 0.2) is 17.5 Å². The molecule has 0 amide bonds. The number of hydrogen-bond donors (Lipinski definition) is 1. The smallest absolute Gasteiger partial charge is 0.0509 e.